The molecule has 0 spiro atoms. The molecule has 6 nitrogen and oxygen atoms in total. The number of rotatable bonds is 5. The van der Waals surface area contributed by atoms with E-state index in [2.05, 4.69) is 22.8 Å². The summed E-state index contributed by atoms with van der Waals surface area (Å²) in [4.78, 5) is 17.7. The van der Waals surface area contributed by atoms with E-state index in [1.54, 1.807) is 6.07 Å². The highest BCUT2D eigenvalue weighted by Gasteiger charge is 2.33. The summed E-state index contributed by atoms with van der Waals surface area (Å²) in [6.45, 7) is 7.64. The lowest BCUT2D eigenvalue weighted by molar-refractivity contribution is -0.124. The van der Waals surface area contributed by atoms with Crippen molar-refractivity contribution >= 4 is 5.91 Å². The van der Waals surface area contributed by atoms with Crippen LogP contribution in [0.15, 0.2) is 36.4 Å². The van der Waals surface area contributed by atoms with E-state index < -0.39 is 0 Å². The summed E-state index contributed by atoms with van der Waals surface area (Å²) in [7, 11) is 0. The van der Waals surface area contributed by atoms with Gasteiger partial charge in [0, 0.05) is 26.1 Å². The first kappa shape index (κ1) is 17.0. The van der Waals surface area contributed by atoms with Gasteiger partial charge in [0.25, 0.3) is 0 Å². The van der Waals surface area contributed by atoms with Gasteiger partial charge in [0.1, 0.15) is 18.0 Å². The molecule has 0 aliphatic carbocycles. The van der Waals surface area contributed by atoms with Crippen LogP contribution in [0.25, 0.3) is 0 Å². The molecule has 0 bridgehead atoms. The van der Waals surface area contributed by atoms with Gasteiger partial charge in [-0.15, -0.1) is 0 Å². The van der Waals surface area contributed by atoms with E-state index in [9.17, 15) is 9.18 Å². The summed E-state index contributed by atoms with van der Waals surface area (Å²) in [6.07, 6.45) is 0.473. The number of hydrogen-bond acceptors (Lipinski definition) is 5. The molecule has 0 aromatic heterocycles. The maximum absolute atomic E-state index is 13.2. The van der Waals surface area contributed by atoms with Crippen molar-refractivity contribution in [1.29, 1.82) is 0 Å². The molecule has 1 aromatic rings. The summed E-state index contributed by atoms with van der Waals surface area (Å²) in [5, 5.41) is 5.00. The number of nitrogens with zero attached hydrogens (tertiary/aromatic N) is 1. The molecule has 2 aliphatic heterocycles. The molecule has 1 amide bonds. The van der Waals surface area contributed by atoms with Crippen molar-refractivity contribution in [3.8, 4) is 0 Å². The third-order valence-corrected chi connectivity index (χ3v) is 4.28. The molecule has 3 N–H and O–H groups in total. The molecule has 3 atom stereocenters. The average Bonchev–Trinajstić information content (AvgIpc) is 3.17. The fourth-order valence-corrected chi connectivity index (χ4v) is 2.95. The standard InChI is InChI=1S/C17H23FN4O2/c1-11(2)16-7-15(21-24-16)17(23)20-14-8-19-22(10-14)9-12-4-3-5-13(18)6-12/h3-6,14-16,19,21H,1,7-10H2,2H3,(H,20,23). The second-order valence-corrected chi connectivity index (χ2v) is 6.44. The van der Waals surface area contributed by atoms with E-state index in [4.69, 9.17) is 4.84 Å². The number of benzene rings is 1. The van der Waals surface area contributed by atoms with Crippen LogP contribution >= 0.6 is 0 Å². The lowest BCUT2D eigenvalue weighted by Crippen LogP contribution is -2.46. The van der Waals surface area contributed by atoms with E-state index in [0.717, 1.165) is 11.1 Å². The fraction of sp³-hybridized carbons (Fsp3) is 0.471. The van der Waals surface area contributed by atoms with Crippen LogP contribution < -0.4 is 16.2 Å². The fourth-order valence-electron chi connectivity index (χ4n) is 2.95. The zero-order valence-electron chi connectivity index (χ0n) is 13.7. The summed E-state index contributed by atoms with van der Waals surface area (Å²) < 4.78 is 13.2. The first-order chi connectivity index (χ1) is 11.5. The Bertz CT molecular complexity index is 624. The SMILES string of the molecule is C=C(C)C1CC(C(=O)NC2CNN(Cc3cccc(F)c3)C2)NO1. The Labute approximate surface area is 141 Å². The molecule has 2 fully saturated rings. The molecule has 0 saturated carbocycles. The Morgan fingerprint density at radius 2 is 2.38 bits per heavy atom. The van der Waals surface area contributed by atoms with E-state index >= 15 is 0 Å². The van der Waals surface area contributed by atoms with Crippen molar-refractivity contribution in [2.24, 2.45) is 0 Å². The quantitative estimate of drug-likeness (QED) is 0.698. The van der Waals surface area contributed by atoms with Crippen LogP contribution in [-0.2, 0) is 16.2 Å². The van der Waals surface area contributed by atoms with Crippen LogP contribution in [-0.4, -0.2) is 42.2 Å². The summed E-state index contributed by atoms with van der Waals surface area (Å²) in [6, 6.07) is 6.18. The Morgan fingerprint density at radius 1 is 1.54 bits per heavy atom. The number of hydrazine groups is 1. The van der Waals surface area contributed by atoms with E-state index in [1.165, 1.54) is 12.1 Å². The Morgan fingerprint density at radius 3 is 3.08 bits per heavy atom. The van der Waals surface area contributed by atoms with Gasteiger partial charge in [-0.25, -0.2) is 9.40 Å². The van der Waals surface area contributed by atoms with Gasteiger partial charge in [0.15, 0.2) is 0 Å². The van der Waals surface area contributed by atoms with Gasteiger partial charge in [-0.2, -0.15) is 5.48 Å². The lowest BCUT2D eigenvalue weighted by Gasteiger charge is -2.17. The normalized spacial score (nSPS) is 27.3. The first-order valence-electron chi connectivity index (χ1n) is 8.11. The van der Waals surface area contributed by atoms with Crippen molar-refractivity contribution in [2.75, 3.05) is 13.1 Å². The molecular weight excluding hydrogens is 311 g/mol. The summed E-state index contributed by atoms with van der Waals surface area (Å²) >= 11 is 0. The summed E-state index contributed by atoms with van der Waals surface area (Å²) in [5.41, 5.74) is 7.80. The van der Waals surface area contributed by atoms with Gasteiger partial charge in [-0.3, -0.25) is 15.1 Å². The van der Waals surface area contributed by atoms with Crippen molar-refractivity contribution in [3.05, 3.63) is 47.8 Å². The van der Waals surface area contributed by atoms with Crippen molar-refractivity contribution < 1.29 is 14.0 Å². The Kier molecular flexibility index (Phi) is 5.25. The largest absolute Gasteiger partial charge is 0.349 e. The minimum atomic E-state index is -0.357. The third kappa shape index (κ3) is 4.18. The molecule has 2 heterocycles. The van der Waals surface area contributed by atoms with Crippen molar-refractivity contribution in [3.63, 3.8) is 0 Å². The third-order valence-electron chi connectivity index (χ3n) is 4.28. The van der Waals surface area contributed by atoms with Crippen LogP contribution in [0, 0.1) is 5.82 Å². The zero-order valence-corrected chi connectivity index (χ0v) is 13.7. The minimum absolute atomic E-state index is 0.0109. The molecule has 130 valence electrons. The maximum atomic E-state index is 13.2. The van der Waals surface area contributed by atoms with Crippen LogP contribution in [0.1, 0.15) is 18.9 Å². The number of amides is 1. The number of hydrogen-bond donors (Lipinski definition) is 3. The number of hydroxylamine groups is 1. The number of nitrogens with one attached hydrogen (secondary N) is 3. The smallest absolute Gasteiger partial charge is 0.239 e. The predicted octanol–water partition coefficient (Wildman–Crippen LogP) is 0.869. The molecule has 3 rings (SSSR count). The molecule has 7 heteroatoms. The van der Waals surface area contributed by atoms with Crippen LogP contribution in [0.4, 0.5) is 4.39 Å². The molecule has 2 aliphatic rings. The molecule has 1 aromatic carbocycles. The number of carbonyl (C=O) groups excluding carboxylic acids is 1. The van der Waals surface area contributed by atoms with Gasteiger partial charge in [-0.1, -0.05) is 18.7 Å². The monoisotopic (exact) mass is 334 g/mol. The lowest BCUT2D eigenvalue weighted by atomic mass is 10.1. The molecule has 3 unspecified atom stereocenters. The van der Waals surface area contributed by atoms with E-state index in [0.29, 0.717) is 26.1 Å². The van der Waals surface area contributed by atoms with Gasteiger partial charge < -0.3 is 5.32 Å². The van der Waals surface area contributed by atoms with Gasteiger partial charge in [0.05, 0.1) is 6.04 Å². The predicted molar refractivity (Wildman–Crippen MR) is 88.0 cm³/mol. The van der Waals surface area contributed by atoms with Crippen molar-refractivity contribution in [1.82, 2.24) is 21.2 Å². The molecule has 24 heavy (non-hydrogen) atoms. The molecule has 2 saturated heterocycles. The number of carbonyl (C=O) groups is 1. The van der Waals surface area contributed by atoms with Gasteiger partial charge in [0.2, 0.25) is 5.91 Å². The van der Waals surface area contributed by atoms with Gasteiger partial charge in [-0.05, 0) is 30.2 Å². The minimum Gasteiger partial charge on any atom is -0.349 e. The second kappa shape index (κ2) is 7.40. The van der Waals surface area contributed by atoms with Crippen molar-refractivity contribution in [2.45, 2.75) is 38.1 Å². The average molecular weight is 334 g/mol. The molecule has 0 radical (unpaired) electrons. The second-order valence-electron chi connectivity index (χ2n) is 6.44. The highest BCUT2D eigenvalue weighted by Crippen LogP contribution is 2.17. The first-order valence-corrected chi connectivity index (χ1v) is 8.11. The van der Waals surface area contributed by atoms with E-state index in [-0.39, 0.29) is 29.9 Å². The van der Waals surface area contributed by atoms with Gasteiger partial charge >= 0.3 is 0 Å². The van der Waals surface area contributed by atoms with Crippen LogP contribution in [0.5, 0.6) is 0 Å². The number of halogens is 1. The summed E-state index contributed by atoms with van der Waals surface area (Å²) in [5.74, 6) is -0.311. The maximum Gasteiger partial charge on any atom is 0.239 e. The van der Waals surface area contributed by atoms with Crippen LogP contribution in [0.3, 0.4) is 0 Å². The van der Waals surface area contributed by atoms with Crippen LogP contribution in [0.2, 0.25) is 0 Å². The molecular formula is C17H23FN4O2. The Hall–Kier alpha value is -1.80. The highest BCUT2D eigenvalue weighted by molar-refractivity contribution is 5.82. The highest BCUT2D eigenvalue weighted by atomic mass is 19.1. The zero-order chi connectivity index (χ0) is 17.1. The topological polar surface area (TPSA) is 65.6 Å². The van der Waals surface area contributed by atoms with E-state index in [1.807, 2.05) is 18.0 Å². The Balaban J connectivity index is 1.46.